The Morgan fingerprint density at radius 1 is 1.60 bits per heavy atom. The van der Waals surface area contributed by atoms with Gasteiger partial charge in [-0.2, -0.15) is 0 Å². The van der Waals surface area contributed by atoms with Crippen molar-refractivity contribution in [3.05, 3.63) is 23.1 Å². The highest BCUT2D eigenvalue weighted by atomic mass is 32.2. The normalized spacial score (nSPS) is 16.5. The Morgan fingerprint density at radius 2 is 2.40 bits per heavy atom. The third-order valence-electron chi connectivity index (χ3n) is 1.34. The van der Waals surface area contributed by atoms with Crippen molar-refractivity contribution in [3.8, 4) is 0 Å². The zero-order chi connectivity index (χ0) is 7.40. The number of thioether (sulfide) groups is 1. The molecule has 0 aromatic rings. The van der Waals surface area contributed by atoms with Crippen molar-refractivity contribution < 1.29 is 0 Å². The van der Waals surface area contributed by atoms with Crippen LogP contribution in [0.4, 0.5) is 0 Å². The lowest BCUT2D eigenvalue weighted by Crippen LogP contribution is -1.89. The van der Waals surface area contributed by atoms with Crippen LogP contribution in [-0.4, -0.2) is 5.75 Å². The van der Waals surface area contributed by atoms with E-state index < -0.39 is 0 Å². The van der Waals surface area contributed by atoms with Crippen LogP contribution in [0.2, 0.25) is 0 Å². The SMILES string of the molecule is CC(C)CSC1=CC=CC1. The van der Waals surface area contributed by atoms with Gasteiger partial charge in [-0.05, 0) is 17.2 Å². The fourth-order valence-corrected chi connectivity index (χ4v) is 1.74. The molecule has 0 spiro atoms. The van der Waals surface area contributed by atoms with Gasteiger partial charge in [0.1, 0.15) is 0 Å². The Labute approximate surface area is 67.4 Å². The lowest BCUT2D eigenvalue weighted by Gasteiger charge is -2.03. The van der Waals surface area contributed by atoms with Crippen LogP contribution in [0.15, 0.2) is 23.1 Å². The molecule has 0 atom stereocenters. The first kappa shape index (κ1) is 7.93. The number of hydrogen-bond acceptors (Lipinski definition) is 1. The zero-order valence-corrected chi connectivity index (χ0v) is 7.45. The van der Waals surface area contributed by atoms with Gasteiger partial charge in [0.2, 0.25) is 0 Å². The molecule has 0 radical (unpaired) electrons. The molecule has 0 bridgehead atoms. The van der Waals surface area contributed by atoms with Crippen LogP contribution in [-0.2, 0) is 0 Å². The van der Waals surface area contributed by atoms with E-state index in [1.165, 1.54) is 10.7 Å². The standard InChI is InChI=1S/C9H14S/c1-8(2)7-10-9-5-3-4-6-9/h3-5,8H,6-7H2,1-2H3. The van der Waals surface area contributed by atoms with Gasteiger partial charge >= 0.3 is 0 Å². The zero-order valence-electron chi connectivity index (χ0n) is 6.63. The molecule has 0 saturated heterocycles. The Bertz CT molecular complexity index is 154. The minimum absolute atomic E-state index is 0.812. The van der Waals surface area contributed by atoms with E-state index in [-0.39, 0.29) is 0 Å². The third kappa shape index (κ3) is 2.61. The summed E-state index contributed by atoms with van der Waals surface area (Å²) >= 11 is 1.99. The summed E-state index contributed by atoms with van der Waals surface area (Å²) < 4.78 is 0. The van der Waals surface area contributed by atoms with Crippen molar-refractivity contribution >= 4 is 11.8 Å². The van der Waals surface area contributed by atoms with Gasteiger partial charge in [-0.1, -0.05) is 32.1 Å². The number of rotatable bonds is 3. The number of allylic oxidation sites excluding steroid dienone is 4. The van der Waals surface area contributed by atoms with Gasteiger partial charge in [-0.15, -0.1) is 11.8 Å². The van der Waals surface area contributed by atoms with E-state index in [1.807, 2.05) is 11.8 Å². The average Bonchev–Trinajstić information content (AvgIpc) is 2.34. The first-order valence-corrected chi connectivity index (χ1v) is 4.76. The summed E-state index contributed by atoms with van der Waals surface area (Å²) in [5, 5.41) is 0. The van der Waals surface area contributed by atoms with E-state index in [9.17, 15) is 0 Å². The molecule has 10 heavy (non-hydrogen) atoms. The molecule has 0 N–H and O–H groups in total. The quantitative estimate of drug-likeness (QED) is 0.601. The van der Waals surface area contributed by atoms with Crippen LogP contribution in [0.3, 0.4) is 0 Å². The Hall–Kier alpha value is -0.170. The van der Waals surface area contributed by atoms with Crippen molar-refractivity contribution in [2.24, 2.45) is 5.92 Å². The Balaban J connectivity index is 2.15. The molecule has 0 saturated carbocycles. The first-order valence-electron chi connectivity index (χ1n) is 3.77. The predicted octanol–water partition coefficient (Wildman–Crippen LogP) is 3.22. The molecule has 0 fully saturated rings. The van der Waals surface area contributed by atoms with Crippen LogP contribution in [0, 0.1) is 5.92 Å². The summed E-state index contributed by atoms with van der Waals surface area (Å²) in [5.41, 5.74) is 0. The van der Waals surface area contributed by atoms with Gasteiger partial charge in [-0.3, -0.25) is 0 Å². The van der Waals surface area contributed by atoms with Gasteiger partial charge in [0.05, 0.1) is 0 Å². The van der Waals surface area contributed by atoms with Gasteiger partial charge in [0, 0.05) is 5.75 Å². The summed E-state index contributed by atoms with van der Waals surface area (Å²) in [5.74, 6) is 2.07. The molecular formula is C9H14S. The lowest BCUT2D eigenvalue weighted by molar-refractivity contribution is 0.751. The van der Waals surface area contributed by atoms with Crippen LogP contribution in [0.25, 0.3) is 0 Å². The maximum absolute atomic E-state index is 2.26. The maximum atomic E-state index is 2.26. The second-order valence-electron chi connectivity index (χ2n) is 2.97. The summed E-state index contributed by atoms with van der Waals surface area (Å²) in [6.45, 7) is 4.52. The molecule has 0 aliphatic heterocycles. The van der Waals surface area contributed by atoms with Crippen LogP contribution < -0.4 is 0 Å². The minimum atomic E-state index is 0.812. The van der Waals surface area contributed by atoms with Crippen molar-refractivity contribution in [1.29, 1.82) is 0 Å². The summed E-state index contributed by atoms with van der Waals surface area (Å²) in [6, 6.07) is 0. The van der Waals surface area contributed by atoms with E-state index >= 15 is 0 Å². The highest BCUT2D eigenvalue weighted by Crippen LogP contribution is 2.25. The summed E-state index contributed by atoms with van der Waals surface area (Å²) in [6.07, 6.45) is 7.73. The second-order valence-corrected chi connectivity index (χ2v) is 4.12. The van der Waals surface area contributed by atoms with Crippen molar-refractivity contribution in [3.63, 3.8) is 0 Å². The van der Waals surface area contributed by atoms with Crippen LogP contribution in [0.5, 0.6) is 0 Å². The minimum Gasteiger partial charge on any atom is -0.130 e. The van der Waals surface area contributed by atoms with Gasteiger partial charge in [0.25, 0.3) is 0 Å². The van der Waals surface area contributed by atoms with E-state index in [4.69, 9.17) is 0 Å². The fourth-order valence-electron chi connectivity index (χ4n) is 0.808. The summed E-state index contributed by atoms with van der Waals surface area (Å²) in [4.78, 5) is 1.52. The van der Waals surface area contributed by atoms with Gasteiger partial charge in [0.15, 0.2) is 0 Å². The number of hydrogen-bond donors (Lipinski definition) is 0. The van der Waals surface area contributed by atoms with Crippen molar-refractivity contribution in [1.82, 2.24) is 0 Å². The molecule has 0 amide bonds. The monoisotopic (exact) mass is 154 g/mol. The predicted molar refractivity (Wildman–Crippen MR) is 49.1 cm³/mol. The average molecular weight is 154 g/mol. The molecule has 0 unspecified atom stereocenters. The van der Waals surface area contributed by atoms with Crippen molar-refractivity contribution in [2.75, 3.05) is 5.75 Å². The topological polar surface area (TPSA) is 0 Å². The molecule has 1 heteroatoms. The van der Waals surface area contributed by atoms with E-state index in [0.717, 1.165) is 12.3 Å². The van der Waals surface area contributed by atoms with Crippen molar-refractivity contribution in [2.45, 2.75) is 20.3 Å². The fraction of sp³-hybridized carbons (Fsp3) is 0.556. The molecular weight excluding hydrogens is 140 g/mol. The van der Waals surface area contributed by atoms with E-state index in [1.54, 1.807) is 0 Å². The van der Waals surface area contributed by atoms with Gasteiger partial charge in [-0.25, -0.2) is 0 Å². The molecule has 0 aromatic heterocycles. The van der Waals surface area contributed by atoms with Crippen LogP contribution >= 0.6 is 11.8 Å². The molecule has 1 aliphatic rings. The van der Waals surface area contributed by atoms with E-state index in [2.05, 4.69) is 32.1 Å². The van der Waals surface area contributed by atoms with Crippen LogP contribution in [0.1, 0.15) is 20.3 Å². The smallest absolute Gasteiger partial charge is 0.000000196 e. The Kier molecular flexibility index (Phi) is 3.07. The molecule has 1 aliphatic carbocycles. The third-order valence-corrected chi connectivity index (χ3v) is 2.85. The molecule has 0 heterocycles. The highest BCUT2D eigenvalue weighted by molar-refractivity contribution is 8.03. The van der Waals surface area contributed by atoms with Gasteiger partial charge < -0.3 is 0 Å². The van der Waals surface area contributed by atoms with E-state index in [0.29, 0.717) is 0 Å². The maximum Gasteiger partial charge on any atom is 0.000000196 e. The first-order chi connectivity index (χ1) is 4.79. The lowest BCUT2D eigenvalue weighted by atomic mass is 10.3. The molecule has 0 nitrogen and oxygen atoms in total. The molecule has 0 aromatic carbocycles. The Morgan fingerprint density at radius 3 is 2.90 bits per heavy atom. The second kappa shape index (κ2) is 3.87. The molecule has 1 rings (SSSR count). The molecule has 56 valence electrons. The highest BCUT2D eigenvalue weighted by Gasteiger charge is 2.00. The summed E-state index contributed by atoms with van der Waals surface area (Å²) in [7, 11) is 0. The largest absolute Gasteiger partial charge is 0.130 e.